The molecule has 1 aliphatic heterocycles. The van der Waals surface area contributed by atoms with E-state index in [0.29, 0.717) is 5.75 Å². The molecule has 0 unspecified atom stereocenters. The van der Waals surface area contributed by atoms with Crippen LogP contribution >= 0.6 is 0 Å². The van der Waals surface area contributed by atoms with Gasteiger partial charge in [-0.1, -0.05) is 12.1 Å². The van der Waals surface area contributed by atoms with Crippen molar-refractivity contribution in [2.45, 2.75) is 12.2 Å². The van der Waals surface area contributed by atoms with E-state index in [2.05, 4.69) is 0 Å². The molecule has 0 aromatic heterocycles. The summed E-state index contributed by atoms with van der Waals surface area (Å²) in [5.41, 5.74) is 0.844. The van der Waals surface area contributed by atoms with Gasteiger partial charge in [0.15, 0.2) is 6.10 Å². The molecule has 0 saturated carbocycles. The average Bonchev–Trinajstić information content (AvgIpc) is 2.97. The van der Waals surface area contributed by atoms with Crippen molar-refractivity contribution in [2.75, 3.05) is 7.11 Å². The predicted octanol–water partition coefficient (Wildman–Crippen LogP) is 1.22. The molecule has 4 heteroatoms. The monoisotopic (exact) mass is 194 g/mol. The first kappa shape index (κ1) is 9.02. The smallest absolute Gasteiger partial charge is 0.335 e. The summed E-state index contributed by atoms with van der Waals surface area (Å²) in [6.45, 7) is 0. The second kappa shape index (κ2) is 3.31. The highest BCUT2D eigenvalue weighted by atomic mass is 16.6. The number of carboxylic acids is 1. The number of carboxylic acid groups (broad SMARTS) is 1. The fourth-order valence-corrected chi connectivity index (χ4v) is 1.37. The van der Waals surface area contributed by atoms with Gasteiger partial charge < -0.3 is 14.6 Å². The van der Waals surface area contributed by atoms with Crippen LogP contribution in [0.3, 0.4) is 0 Å². The third-order valence-electron chi connectivity index (χ3n) is 2.16. The van der Waals surface area contributed by atoms with Crippen LogP contribution in [-0.4, -0.2) is 24.3 Å². The summed E-state index contributed by atoms with van der Waals surface area (Å²) >= 11 is 0. The number of methoxy groups -OCH3 is 1. The van der Waals surface area contributed by atoms with Gasteiger partial charge in [-0.25, -0.2) is 4.79 Å². The number of epoxide rings is 1. The normalized spacial score (nSPS) is 24.4. The quantitative estimate of drug-likeness (QED) is 0.735. The largest absolute Gasteiger partial charge is 0.497 e. The molecule has 4 nitrogen and oxygen atoms in total. The molecule has 1 heterocycles. The van der Waals surface area contributed by atoms with Crippen molar-refractivity contribution in [3.8, 4) is 5.75 Å². The lowest BCUT2D eigenvalue weighted by atomic mass is 10.1. The molecule has 0 aliphatic carbocycles. The maximum Gasteiger partial charge on any atom is 0.335 e. The first-order valence-electron chi connectivity index (χ1n) is 4.24. The van der Waals surface area contributed by atoms with E-state index in [1.54, 1.807) is 13.2 Å². The molecule has 2 rings (SSSR count). The maximum absolute atomic E-state index is 10.5. The van der Waals surface area contributed by atoms with Gasteiger partial charge >= 0.3 is 5.97 Å². The van der Waals surface area contributed by atoms with Crippen molar-refractivity contribution in [1.82, 2.24) is 0 Å². The zero-order valence-corrected chi connectivity index (χ0v) is 7.64. The molecule has 14 heavy (non-hydrogen) atoms. The highest BCUT2D eigenvalue weighted by Crippen LogP contribution is 2.39. The Morgan fingerprint density at radius 2 is 2.36 bits per heavy atom. The molecule has 1 fully saturated rings. The summed E-state index contributed by atoms with van der Waals surface area (Å²) in [6.07, 6.45) is -1.01. The zero-order chi connectivity index (χ0) is 10.1. The summed E-state index contributed by atoms with van der Waals surface area (Å²) in [7, 11) is 1.57. The minimum Gasteiger partial charge on any atom is -0.497 e. The second-order valence-electron chi connectivity index (χ2n) is 3.09. The SMILES string of the molecule is COc1cccc([C@H]2O[C@@H]2C(=O)O)c1. The predicted molar refractivity (Wildman–Crippen MR) is 48.2 cm³/mol. The summed E-state index contributed by atoms with van der Waals surface area (Å²) < 4.78 is 10.0. The molecule has 1 aromatic rings. The van der Waals surface area contributed by atoms with Gasteiger partial charge in [-0.2, -0.15) is 0 Å². The molecule has 1 aliphatic rings. The topological polar surface area (TPSA) is 59.1 Å². The number of rotatable bonds is 3. The van der Waals surface area contributed by atoms with E-state index >= 15 is 0 Å². The molecule has 0 bridgehead atoms. The number of hydrogen-bond donors (Lipinski definition) is 1. The van der Waals surface area contributed by atoms with Crippen LogP contribution in [0.1, 0.15) is 11.7 Å². The van der Waals surface area contributed by atoms with Crippen molar-refractivity contribution in [1.29, 1.82) is 0 Å². The molecule has 1 saturated heterocycles. The van der Waals surface area contributed by atoms with Gasteiger partial charge in [0.25, 0.3) is 0 Å². The number of aliphatic carboxylic acids is 1. The number of ether oxygens (including phenoxy) is 2. The van der Waals surface area contributed by atoms with E-state index in [0.717, 1.165) is 5.56 Å². The Hall–Kier alpha value is -1.55. The Kier molecular flexibility index (Phi) is 2.13. The minimum absolute atomic E-state index is 0.317. The van der Waals surface area contributed by atoms with Crippen LogP contribution in [0.4, 0.5) is 0 Å². The number of hydrogen-bond acceptors (Lipinski definition) is 3. The lowest BCUT2D eigenvalue weighted by Crippen LogP contribution is -2.04. The molecule has 0 spiro atoms. The minimum atomic E-state index is -0.919. The summed E-state index contributed by atoms with van der Waals surface area (Å²) in [4.78, 5) is 10.5. The molecule has 74 valence electrons. The van der Waals surface area contributed by atoms with E-state index in [1.165, 1.54) is 0 Å². The third-order valence-corrected chi connectivity index (χ3v) is 2.16. The summed E-state index contributed by atoms with van der Waals surface area (Å²) in [6, 6.07) is 7.24. The van der Waals surface area contributed by atoms with Gasteiger partial charge in [-0.3, -0.25) is 0 Å². The number of benzene rings is 1. The van der Waals surface area contributed by atoms with Crippen molar-refractivity contribution in [3.63, 3.8) is 0 Å². The van der Waals surface area contributed by atoms with Crippen LogP contribution in [0.2, 0.25) is 0 Å². The van der Waals surface area contributed by atoms with Crippen LogP contribution in [0, 0.1) is 0 Å². The Bertz CT molecular complexity index is 361. The Labute approximate surface area is 81.1 Å². The first-order valence-corrected chi connectivity index (χ1v) is 4.24. The summed E-state index contributed by atoms with van der Waals surface area (Å²) in [5, 5.41) is 8.66. The summed E-state index contributed by atoms with van der Waals surface area (Å²) in [5.74, 6) is -0.208. The maximum atomic E-state index is 10.5. The molecular formula is C10H10O4. The van der Waals surface area contributed by atoms with Gasteiger partial charge in [-0.15, -0.1) is 0 Å². The molecule has 1 aromatic carbocycles. The van der Waals surface area contributed by atoms with Gasteiger partial charge in [0.1, 0.15) is 11.9 Å². The second-order valence-corrected chi connectivity index (χ2v) is 3.09. The van der Waals surface area contributed by atoms with Gasteiger partial charge in [0, 0.05) is 0 Å². The first-order chi connectivity index (χ1) is 6.72. The Morgan fingerprint density at radius 3 is 2.93 bits per heavy atom. The van der Waals surface area contributed by atoms with E-state index in [-0.39, 0.29) is 6.10 Å². The van der Waals surface area contributed by atoms with Crippen molar-refractivity contribution in [3.05, 3.63) is 29.8 Å². The molecule has 0 radical (unpaired) electrons. The highest BCUT2D eigenvalue weighted by molar-refractivity contribution is 5.76. The lowest BCUT2D eigenvalue weighted by Gasteiger charge is -2.00. The van der Waals surface area contributed by atoms with Crippen LogP contribution in [-0.2, 0) is 9.53 Å². The molecule has 2 atom stereocenters. The van der Waals surface area contributed by atoms with Crippen LogP contribution in [0.25, 0.3) is 0 Å². The van der Waals surface area contributed by atoms with Crippen LogP contribution in [0.5, 0.6) is 5.75 Å². The molecule has 0 amide bonds. The molecule has 1 N–H and O–H groups in total. The van der Waals surface area contributed by atoms with E-state index in [1.807, 2.05) is 18.2 Å². The van der Waals surface area contributed by atoms with E-state index in [4.69, 9.17) is 14.6 Å². The van der Waals surface area contributed by atoms with Crippen LogP contribution < -0.4 is 4.74 Å². The third kappa shape index (κ3) is 1.56. The van der Waals surface area contributed by atoms with Gasteiger partial charge in [-0.05, 0) is 17.7 Å². The van der Waals surface area contributed by atoms with E-state index in [9.17, 15) is 4.79 Å². The van der Waals surface area contributed by atoms with Gasteiger partial charge in [0.2, 0.25) is 0 Å². The van der Waals surface area contributed by atoms with Crippen molar-refractivity contribution in [2.24, 2.45) is 0 Å². The molecular weight excluding hydrogens is 184 g/mol. The van der Waals surface area contributed by atoms with Crippen LogP contribution in [0.15, 0.2) is 24.3 Å². The van der Waals surface area contributed by atoms with Crippen molar-refractivity contribution >= 4 is 5.97 Å². The van der Waals surface area contributed by atoms with Gasteiger partial charge in [0.05, 0.1) is 7.11 Å². The fourth-order valence-electron chi connectivity index (χ4n) is 1.37. The zero-order valence-electron chi connectivity index (χ0n) is 7.64. The fraction of sp³-hybridized carbons (Fsp3) is 0.300. The Morgan fingerprint density at radius 1 is 1.57 bits per heavy atom. The standard InChI is InChI=1S/C10H10O4/c1-13-7-4-2-3-6(5-7)8-9(14-8)10(11)12/h2-5,8-9H,1H3,(H,11,12)/t8-,9+/m1/s1. The number of carbonyl (C=O) groups is 1. The highest BCUT2D eigenvalue weighted by Gasteiger charge is 2.46. The van der Waals surface area contributed by atoms with E-state index < -0.39 is 12.1 Å². The lowest BCUT2D eigenvalue weighted by molar-refractivity contribution is -0.138. The van der Waals surface area contributed by atoms with Crippen molar-refractivity contribution < 1.29 is 19.4 Å². The Balaban J connectivity index is 2.15. The average molecular weight is 194 g/mol.